The maximum Gasteiger partial charge on any atom is 0.313 e. The predicted molar refractivity (Wildman–Crippen MR) is 101 cm³/mol. The summed E-state index contributed by atoms with van der Waals surface area (Å²) in [6.45, 7) is 2.04. The van der Waals surface area contributed by atoms with Crippen molar-refractivity contribution in [3.05, 3.63) is 16.7 Å². The standard InChI is InChI=1S/C16H26N5O8P/c1-4-5-6-19(2)16-17-13-10(14(24)18-16)20(3)8-21(13)15-12(23)11(22)9(29-15)7-28-30(25,26)27/h8-9,11-12,15,22-23H,4-7H2,1-3H3,(H2-,17,18,24,25,26,27)/t9-,11-,12-,15-/m1/s1. The highest BCUT2D eigenvalue weighted by molar-refractivity contribution is 7.44. The molecule has 0 radical (unpaired) electrons. The summed E-state index contributed by atoms with van der Waals surface area (Å²) in [5.41, 5.74) is 0.0567. The Labute approximate surface area is 171 Å². The van der Waals surface area contributed by atoms with Crippen molar-refractivity contribution in [3.8, 4) is 0 Å². The van der Waals surface area contributed by atoms with Crippen molar-refractivity contribution in [2.45, 2.75) is 44.3 Å². The molecule has 168 valence electrons. The molecule has 1 fully saturated rings. The van der Waals surface area contributed by atoms with Gasteiger partial charge in [-0.1, -0.05) is 18.3 Å². The lowest BCUT2D eigenvalue weighted by atomic mass is 10.1. The average Bonchev–Trinajstić information content (AvgIpc) is 3.14. The van der Waals surface area contributed by atoms with E-state index < -0.39 is 39.0 Å². The normalized spacial score (nSPS) is 26.2. The Morgan fingerprint density at radius 1 is 1.47 bits per heavy atom. The van der Waals surface area contributed by atoms with Crippen LogP contribution in [0.3, 0.4) is 0 Å². The maximum absolute atomic E-state index is 12.6. The molecule has 1 aliphatic rings. The SMILES string of the molecule is CCCCN(C)c1nc2c(c(=O)[nH]1)n(C)c[n+]2[C@@H]1O[C@H](COP(=O)([O-])O)[C@@H](O)[C@H]1O. The number of nitrogens with zero attached hydrogens (tertiary/aromatic N) is 4. The minimum absolute atomic E-state index is 0.217. The van der Waals surface area contributed by atoms with Crippen LogP contribution in [0.1, 0.15) is 26.0 Å². The van der Waals surface area contributed by atoms with Crippen molar-refractivity contribution in [3.63, 3.8) is 0 Å². The number of fused-ring (bicyclic) bond motifs is 1. The number of aromatic amines is 1. The van der Waals surface area contributed by atoms with Gasteiger partial charge in [-0.25, -0.2) is 4.57 Å². The van der Waals surface area contributed by atoms with Gasteiger partial charge in [-0.2, -0.15) is 0 Å². The van der Waals surface area contributed by atoms with Crippen LogP contribution in [-0.4, -0.2) is 68.2 Å². The third-order valence-corrected chi connectivity index (χ3v) is 5.46. The van der Waals surface area contributed by atoms with Crippen molar-refractivity contribution in [2.24, 2.45) is 7.05 Å². The summed E-state index contributed by atoms with van der Waals surface area (Å²) >= 11 is 0. The number of aromatic nitrogens is 4. The highest BCUT2D eigenvalue weighted by atomic mass is 31.2. The first-order chi connectivity index (χ1) is 14.0. The fourth-order valence-corrected chi connectivity index (χ4v) is 3.71. The summed E-state index contributed by atoms with van der Waals surface area (Å²) in [5.74, 6) is 0.335. The third kappa shape index (κ3) is 4.57. The summed E-state index contributed by atoms with van der Waals surface area (Å²) in [6, 6.07) is 0. The Balaban J connectivity index is 1.96. The van der Waals surface area contributed by atoms with Gasteiger partial charge in [0, 0.05) is 13.6 Å². The molecular weight excluding hydrogens is 421 g/mol. The number of rotatable bonds is 8. The first-order valence-corrected chi connectivity index (χ1v) is 10.9. The smallest absolute Gasteiger partial charge is 0.313 e. The summed E-state index contributed by atoms with van der Waals surface area (Å²) < 4.78 is 23.6. The van der Waals surface area contributed by atoms with E-state index in [0.29, 0.717) is 12.5 Å². The summed E-state index contributed by atoms with van der Waals surface area (Å²) in [4.78, 5) is 41.2. The molecule has 2 aromatic rings. The Hall–Kier alpha value is -1.86. The molecule has 3 rings (SSSR count). The van der Waals surface area contributed by atoms with Crippen LogP contribution in [0.2, 0.25) is 0 Å². The quantitative estimate of drug-likeness (QED) is 0.258. The predicted octanol–water partition coefficient (Wildman–Crippen LogP) is -2.12. The number of H-pyrrole nitrogens is 1. The van der Waals surface area contributed by atoms with Crippen molar-refractivity contribution < 1.29 is 38.4 Å². The zero-order chi connectivity index (χ0) is 22.2. The molecule has 0 amide bonds. The Bertz CT molecular complexity index is 1000. The molecule has 0 aliphatic carbocycles. The molecule has 14 heteroatoms. The second-order valence-electron chi connectivity index (χ2n) is 7.28. The molecule has 1 unspecified atom stereocenters. The number of phosphoric ester groups is 1. The summed E-state index contributed by atoms with van der Waals surface area (Å²) in [6.07, 6.45) is -1.98. The minimum Gasteiger partial charge on any atom is -0.756 e. The highest BCUT2D eigenvalue weighted by Gasteiger charge is 2.47. The Kier molecular flexibility index (Phi) is 6.63. The monoisotopic (exact) mass is 447 g/mol. The van der Waals surface area contributed by atoms with Gasteiger partial charge in [-0.05, 0) is 6.42 Å². The van der Waals surface area contributed by atoms with Crippen LogP contribution in [-0.2, 0) is 20.9 Å². The van der Waals surface area contributed by atoms with Crippen LogP contribution >= 0.6 is 7.82 Å². The van der Waals surface area contributed by atoms with Gasteiger partial charge in [0.15, 0.2) is 6.33 Å². The topological polar surface area (TPSA) is 177 Å². The van der Waals surface area contributed by atoms with E-state index in [-0.39, 0.29) is 16.7 Å². The van der Waals surface area contributed by atoms with E-state index in [2.05, 4.69) is 14.5 Å². The Morgan fingerprint density at radius 2 is 2.17 bits per heavy atom. The van der Waals surface area contributed by atoms with Crippen LogP contribution in [0.15, 0.2) is 11.1 Å². The third-order valence-electron chi connectivity index (χ3n) is 4.98. The van der Waals surface area contributed by atoms with Crippen LogP contribution in [0.25, 0.3) is 11.2 Å². The largest absolute Gasteiger partial charge is 0.756 e. The van der Waals surface area contributed by atoms with Crippen LogP contribution in [0.4, 0.5) is 5.95 Å². The van der Waals surface area contributed by atoms with Gasteiger partial charge in [0.1, 0.15) is 18.3 Å². The van der Waals surface area contributed by atoms with Gasteiger partial charge < -0.3 is 34.2 Å². The second kappa shape index (κ2) is 8.71. The van der Waals surface area contributed by atoms with Gasteiger partial charge in [0.05, 0.1) is 13.7 Å². The number of hydrogen-bond donors (Lipinski definition) is 4. The van der Waals surface area contributed by atoms with E-state index in [9.17, 15) is 24.5 Å². The zero-order valence-corrected chi connectivity index (χ0v) is 17.7. The molecule has 3 heterocycles. The number of phosphoric acid groups is 1. The minimum atomic E-state index is -5.02. The zero-order valence-electron chi connectivity index (χ0n) is 16.8. The number of ether oxygens (including phenoxy) is 1. The van der Waals surface area contributed by atoms with E-state index in [4.69, 9.17) is 9.63 Å². The van der Waals surface area contributed by atoms with Crippen LogP contribution in [0.5, 0.6) is 0 Å². The van der Waals surface area contributed by atoms with Gasteiger partial charge in [-0.3, -0.25) is 18.9 Å². The number of aryl methyl sites for hydroxylation is 1. The molecule has 0 bridgehead atoms. The van der Waals surface area contributed by atoms with E-state index in [0.717, 1.165) is 12.8 Å². The number of imidazole rings is 1. The number of aliphatic hydroxyl groups is 2. The average molecular weight is 447 g/mol. The van der Waals surface area contributed by atoms with Gasteiger partial charge in [-0.15, -0.1) is 0 Å². The van der Waals surface area contributed by atoms with Crippen molar-refractivity contribution in [2.75, 3.05) is 25.1 Å². The molecule has 30 heavy (non-hydrogen) atoms. The first kappa shape index (κ1) is 22.8. The van der Waals surface area contributed by atoms with Crippen molar-refractivity contribution in [1.82, 2.24) is 14.5 Å². The summed E-state index contributed by atoms with van der Waals surface area (Å²) in [5, 5.41) is 20.7. The molecule has 4 N–H and O–H groups in total. The van der Waals surface area contributed by atoms with E-state index in [1.165, 1.54) is 15.5 Å². The van der Waals surface area contributed by atoms with E-state index >= 15 is 0 Å². The second-order valence-corrected chi connectivity index (χ2v) is 8.48. The lowest BCUT2D eigenvalue weighted by Gasteiger charge is -2.19. The molecular formula is C16H26N5O8P. The fourth-order valence-electron chi connectivity index (χ4n) is 3.37. The van der Waals surface area contributed by atoms with Gasteiger partial charge in [0.25, 0.3) is 19.3 Å². The first-order valence-electron chi connectivity index (χ1n) is 9.45. The maximum atomic E-state index is 12.6. The number of unbranched alkanes of at least 4 members (excludes halogenated alkanes) is 1. The molecule has 0 aromatic carbocycles. The molecule has 0 spiro atoms. The van der Waals surface area contributed by atoms with Crippen LogP contribution in [0, 0.1) is 0 Å². The lowest BCUT2D eigenvalue weighted by molar-refractivity contribution is -0.745. The van der Waals surface area contributed by atoms with Crippen LogP contribution < -0.4 is 19.9 Å². The Morgan fingerprint density at radius 3 is 2.80 bits per heavy atom. The van der Waals surface area contributed by atoms with Crippen molar-refractivity contribution in [1.29, 1.82) is 0 Å². The summed E-state index contributed by atoms with van der Waals surface area (Å²) in [7, 11) is -1.61. The fraction of sp³-hybridized carbons (Fsp3) is 0.688. The number of aliphatic hydroxyl groups excluding tert-OH is 2. The molecule has 0 saturated carbocycles. The highest BCUT2D eigenvalue weighted by Crippen LogP contribution is 2.34. The molecule has 5 atom stereocenters. The van der Waals surface area contributed by atoms with Gasteiger partial charge >= 0.3 is 5.65 Å². The molecule has 13 nitrogen and oxygen atoms in total. The molecule has 1 saturated heterocycles. The number of anilines is 1. The van der Waals surface area contributed by atoms with E-state index in [1.54, 1.807) is 19.0 Å². The molecule has 2 aromatic heterocycles. The number of nitrogens with one attached hydrogen (secondary N) is 1. The van der Waals surface area contributed by atoms with Crippen molar-refractivity contribution >= 4 is 24.9 Å². The molecule has 1 aliphatic heterocycles. The van der Waals surface area contributed by atoms with E-state index in [1.807, 2.05) is 6.92 Å². The number of hydrogen-bond acceptors (Lipinski definition) is 9. The lowest BCUT2D eigenvalue weighted by Crippen LogP contribution is -2.46. The van der Waals surface area contributed by atoms with Gasteiger partial charge in [0.2, 0.25) is 11.7 Å².